The van der Waals surface area contributed by atoms with Crippen LogP contribution in [-0.2, 0) is 22.4 Å². The van der Waals surface area contributed by atoms with E-state index < -0.39 is 0 Å². The van der Waals surface area contributed by atoms with Gasteiger partial charge in [0.15, 0.2) is 5.96 Å². The summed E-state index contributed by atoms with van der Waals surface area (Å²) in [6, 6.07) is 0. The third-order valence-electron chi connectivity index (χ3n) is 2.83. The average Bonchev–Trinajstić information content (AvgIpc) is 2.99. The van der Waals surface area contributed by atoms with Crippen molar-refractivity contribution in [2.75, 3.05) is 40.0 Å². The van der Waals surface area contributed by atoms with E-state index in [4.69, 9.17) is 9.47 Å². The number of guanidine groups is 1. The van der Waals surface area contributed by atoms with Gasteiger partial charge in [0.1, 0.15) is 0 Å². The number of nitrogens with zero attached hydrogens (tertiary/aromatic N) is 2. The maximum Gasteiger partial charge on any atom is 0.191 e. The monoisotopic (exact) mass is 328 g/mol. The molecule has 1 aromatic heterocycles. The molecule has 0 fully saturated rings. The molecule has 0 aliphatic heterocycles. The smallest absolute Gasteiger partial charge is 0.191 e. The second kappa shape index (κ2) is 12.4. The molecule has 0 saturated heterocycles. The van der Waals surface area contributed by atoms with E-state index >= 15 is 0 Å². The summed E-state index contributed by atoms with van der Waals surface area (Å²) >= 11 is 1.70. The number of aromatic nitrogens is 1. The number of ether oxygens (including phenoxy) is 2. The zero-order valence-electron chi connectivity index (χ0n) is 13.9. The fraction of sp³-hybridized carbons (Fsp3) is 0.733. The predicted molar refractivity (Wildman–Crippen MR) is 91.6 cm³/mol. The molecule has 0 saturated carbocycles. The summed E-state index contributed by atoms with van der Waals surface area (Å²) in [5, 5.41) is 9.79. The molecule has 0 atom stereocenters. The molecule has 0 unspecified atom stereocenters. The Bertz CT molecular complexity index is 423. The maximum absolute atomic E-state index is 5.43. The van der Waals surface area contributed by atoms with Gasteiger partial charge < -0.3 is 20.1 Å². The lowest BCUT2D eigenvalue weighted by molar-refractivity contribution is 0.0698. The molecule has 126 valence electrons. The number of methoxy groups -OCH3 is 1. The van der Waals surface area contributed by atoms with Gasteiger partial charge in [-0.3, -0.25) is 0 Å². The van der Waals surface area contributed by atoms with E-state index in [0.29, 0.717) is 19.8 Å². The van der Waals surface area contributed by atoms with E-state index in [1.165, 1.54) is 0 Å². The number of hydrogen-bond donors (Lipinski definition) is 2. The molecule has 0 radical (unpaired) electrons. The average molecular weight is 328 g/mol. The Kier molecular flexibility index (Phi) is 10.6. The molecule has 6 nitrogen and oxygen atoms in total. The molecule has 2 N–H and O–H groups in total. The van der Waals surface area contributed by atoms with Gasteiger partial charge in [-0.1, -0.05) is 6.92 Å². The van der Waals surface area contributed by atoms with Gasteiger partial charge >= 0.3 is 0 Å². The van der Waals surface area contributed by atoms with Gasteiger partial charge in [-0.05, 0) is 19.8 Å². The summed E-state index contributed by atoms with van der Waals surface area (Å²) in [6.07, 6.45) is 1.92. The Labute approximate surface area is 137 Å². The van der Waals surface area contributed by atoms with E-state index in [-0.39, 0.29) is 0 Å². The van der Waals surface area contributed by atoms with Crippen molar-refractivity contribution in [3.05, 3.63) is 16.1 Å². The third kappa shape index (κ3) is 8.31. The van der Waals surface area contributed by atoms with Gasteiger partial charge in [0.05, 0.1) is 30.5 Å². The molecule has 0 aromatic carbocycles. The first kappa shape index (κ1) is 18.9. The lowest BCUT2D eigenvalue weighted by Crippen LogP contribution is -2.38. The molecule has 0 aliphatic carbocycles. The highest BCUT2D eigenvalue weighted by atomic mass is 32.1. The van der Waals surface area contributed by atoms with Crippen LogP contribution >= 0.6 is 11.3 Å². The topological polar surface area (TPSA) is 67.8 Å². The van der Waals surface area contributed by atoms with Crippen LogP contribution in [0.3, 0.4) is 0 Å². The van der Waals surface area contributed by atoms with Crippen LogP contribution in [0.1, 0.15) is 31.0 Å². The highest BCUT2D eigenvalue weighted by Crippen LogP contribution is 2.10. The summed E-state index contributed by atoms with van der Waals surface area (Å²) in [5.41, 5.74) is 1.03. The molecular formula is C15H28N4O2S. The van der Waals surface area contributed by atoms with Crippen LogP contribution in [0.5, 0.6) is 0 Å². The van der Waals surface area contributed by atoms with Crippen LogP contribution in [0, 0.1) is 0 Å². The van der Waals surface area contributed by atoms with Crippen LogP contribution in [0.15, 0.2) is 10.4 Å². The summed E-state index contributed by atoms with van der Waals surface area (Å²) < 4.78 is 10.4. The van der Waals surface area contributed by atoms with E-state index in [0.717, 1.165) is 49.2 Å². The van der Waals surface area contributed by atoms with Crippen molar-refractivity contribution >= 4 is 17.3 Å². The Hall–Kier alpha value is -1.18. The van der Waals surface area contributed by atoms with Crippen molar-refractivity contribution in [3.63, 3.8) is 0 Å². The molecule has 1 rings (SSSR count). The molecule has 22 heavy (non-hydrogen) atoms. The second-order valence-electron chi connectivity index (χ2n) is 4.67. The van der Waals surface area contributed by atoms with Crippen molar-refractivity contribution in [3.8, 4) is 0 Å². The first-order valence-corrected chi connectivity index (χ1v) is 8.70. The van der Waals surface area contributed by atoms with Crippen LogP contribution in [0.2, 0.25) is 0 Å². The Balaban J connectivity index is 2.26. The van der Waals surface area contributed by atoms with E-state index in [9.17, 15) is 0 Å². The number of nitrogens with one attached hydrogen (secondary N) is 2. The molecule has 0 bridgehead atoms. The first-order chi connectivity index (χ1) is 10.8. The van der Waals surface area contributed by atoms with Gasteiger partial charge in [-0.25, -0.2) is 9.98 Å². The lowest BCUT2D eigenvalue weighted by Gasteiger charge is -2.11. The first-order valence-electron chi connectivity index (χ1n) is 7.82. The minimum atomic E-state index is 0.607. The van der Waals surface area contributed by atoms with Crippen LogP contribution < -0.4 is 10.6 Å². The van der Waals surface area contributed by atoms with E-state index in [2.05, 4.69) is 39.8 Å². The summed E-state index contributed by atoms with van der Waals surface area (Å²) in [7, 11) is 1.68. The fourth-order valence-corrected chi connectivity index (χ4v) is 2.45. The number of thiazole rings is 1. The van der Waals surface area contributed by atoms with Crippen LogP contribution in [0.25, 0.3) is 0 Å². The maximum atomic E-state index is 5.43. The quantitative estimate of drug-likeness (QED) is 0.368. The zero-order chi connectivity index (χ0) is 16.0. The van der Waals surface area contributed by atoms with E-state index in [1.54, 1.807) is 18.4 Å². The molecule has 0 aliphatic rings. The van der Waals surface area contributed by atoms with Crippen molar-refractivity contribution in [1.29, 1.82) is 0 Å². The third-order valence-corrected chi connectivity index (χ3v) is 3.88. The summed E-state index contributed by atoms with van der Waals surface area (Å²) in [6.45, 7) is 8.47. The number of aryl methyl sites for hydroxylation is 1. The predicted octanol–water partition coefficient (Wildman–Crippen LogP) is 1.81. The second-order valence-corrected chi connectivity index (χ2v) is 5.61. The lowest BCUT2D eigenvalue weighted by atomic mass is 10.4. The Morgan fingerprint density at radius 3 is 2.82 bits per heavy atom. The minimum absolute atomic E-state index is 0.607. The largest absolute Gasteiger partial charge is 0.382 e. The normalized spacial score (nSPS) is 11.7. The Morgan fingerprint density at radius 1 is 1.27 bits per heavy atom. The SMILES string of the molecule is CCNC(=NCc1csc(CC)n1)NCCCOCCOC. The highest BCUT2D eigenvalue weighted by molar-refractivity contribution is 7.09. The van der Waals surface area contributed by atoms with Crippen molar-refractivity contribution in [2.45, 2.75) is 33.2 Å². The fourth-order valence-electron chi connectivity index (χ4n) is 1.71. The van der Waals surface area contributed by atoms with Gasteiger partial charge in [0.25, 0.3) is 0 Å². The van der Waals surface area contributed by atoms with Gasteiger partial charge in [-0.15, -0.1) is 11.3 Å². The molecule has 0 amide bonds. The number of aliphatic imine (C=N–C) groups is 1. The Morgan fingerprint density at radius 2 is 2.14 bits per heavy atom. The van der Waals surface area contributed by atoms with Crippen molar-refractivity contribution < 1.29 is 9.47 Å². The highest BCUT2D eigenvalue weighted by Gasteiger charge is 2.01. The molecular weight excluding hydrogens is 300 g/mol. The molecule has 7 heteroatoms. The standard InChI is InChI=1S/C15H28N4O2S/c1-4-14-19-13(12-22-14)11-18-15(16-5-2)17-7-6-8-21-10-9-20-3/h12H,4-11H2,1-3H3,(H2,16,17,18). The van der Waals surface area contributed by atoms with E-state index in [1.807, 2.05) is 0 Å². The summed E-state index contributed by atoms with van der Waals surface area (Å²) in [5.74, 6) is 0.824. The molecule has 0 spiro atoms. The van der Waals surface area contributed by atoms with Gasteiger partial charge in [0, 0.05) is 32.2 Å². The molecule has 1 aromatic rings. The number of rotatable bonds is 11. The minimum Gasteiger partial charge on any atom is -0.382 e. The van der Waals surface area contributed by atoms with Crippen molar-refractivity contribution in [1.82, 2.24) is 15.6 Å². The van der Waals surface area contributed by atoms with Gasteiger partial charge in [0.2, 0.25) is 0 Å². The molecule has 1 heterocycles. The van der Waals surface area contributed by atoms with Gasteiger partial charge in [-0.2, -0.15) is 0 Å². The number of hydrogen-bond acceptors (Lipinski definition) is 5. The summed E-state index contributed by atoms with van der Waals surface area (Å²) in [4.78, 5) is 9.08. The zero-order valence-corrected chi connectivity index (χ0v) is 14.7. The van der Waals surface area contributed by atoms with Crippen molar-refractivity contribution in [2.24, 2.45) is 4.99 Å². The van der Waals surface area contributed by atoms with Crippen LogP contribution in [0.4, 0.5) is 0 Å². The van der Waals surface area contributed by atoms with Crippen LogP contribution in [-0.4, -0.2) is 51.0 Å².